The first kappa shape index (κ1) is 15.2. The average molecular weight is 287 g/mol. The lowest BCUT2D eigenvalue weighted by Gasteiger charge is -2.17. The molecule has 0 bridgehead atoms. The summed E-state index contributed by atoms with van der Waals surface area (Å²) in [6, 6.07) is 3.67. The Morgan fingerprint density at radius 1 is 1.52 bits per heavy atom. The van der Waals surface area contributed by atoms with Gasteiger partial charge in [0.15, 0.2) is 0 Å². The number of aromatic nitrogens is 1. The lowest BCUT2D eigenvalue weighted by Crippen LogP contribution is -2.38. The molecule has 2 rings (SSSR count). The molecule has 0 unspecified atom stereocenters. The number of nitrogens with one attached hydrogen (secondary N) is 1. The van der Waals surface area contributed by atoms with Gasteiger partial charge in [-0.3, -0.25) is 14.6 Å². The molecule has 112 valence electrons. The standard InChI is InChI=1S/C16H21N3O2/c1-3-4-5-15(20)18-14-8-9-19(11-14)16(21)13-7-6-12(2)17-10-13/h3,6-7,10,14H,1,4-5,8-9,11H2,2H3,(H,18,20)/t14-/m1/s1. The second kappa shape index (κ2) is 7.02. The van der Waals surface area contributed by atoms with Crippen molar-refractivity contribution in [3.8, 4) is 0 Å². The lowest BCUT2D eigenvalue weighted by atomic mass is 10.2. The van der Waals surface area contributed by atoms with E-state index in [0.29, 0.717) is 31.5 Å². The predicted octanol–water partition coefficient (Wildman–Crippen LogP) is 1.69. The number of allylic oxidation sites excluding steroid dienone is 1. The van der Waals surface area contributed by atoms with Gasteiger partial charge in [-0.05, 0) is 31.9 Å². The van der Waals surface area contributed by atoms with Gasteiger partial charge in [0.2, 0.25) is 5.91 Å². The number of hydrogen-bond donors (Lipinski definition) is 1. The fourth-order valence-electron chi connectivity index (χ4n) is 2.37. The van der Waals surface area contributed by atoms with Crippen LogP contribution in [0, 0.1) is 6.92 Å². The molecule has 0 aromatic carbocycles. The number of pyridine rings is 1. The number of hydrogen-bond acceptors (Lipinski definition) is 3. The Bertz CT molecular complexity index is 525. The van der Waals surface area contributed by atoms with Crippen molar-refractivity contribution < 1.29 is 9.59 Å². The molecule has 1 aromatic heterocycles. The Labute approximate surface area is 125 Å². The highest BCUT2D eigenvalue weighted by molar-refractivity contribution is 5.94. The molecule has 0 spiro atoms. The molecule has 0 saturated carbocycles. The van der Waals surface area contributed by atoms with Crippen LogP contribution in [0.15, 0.2) is 31.0 Å². The maximum absolute atomic E-state index is 12.3. The summed E-state index contributed by atoms with van der Waals surface area (Å²) in [5, 5.41) is 2.96. The van der Waals surface area contributed by atoms with Crippen molar-refractivity contribution in [2.75, 3.05) is 13.1 Å². The van der Waals surface area contributed by atoms with Crippen LogP contribution in [0.3, 0.4) is 0 Å². The Kier molecular flexibility index (Phi) is 5.09. The first-order valence-corrected chi connectivity index (χ1v) is 7.22. The van der Waals surface area contributed by atoms with E-state index in [2.05, 4.69) is 16.9 Å². The van der Waals surface area contributed by atoms with Gasteiger partial charge in [-0.15, -0.1) is 6.58 Å². The normalized spacial score (nSPS) is 17.6. The fourth-order valence-corrected chi connectivity index (χ4v) is 2.37. The zero-order valence-corrected chi connectivity index (χ0v) is 12.3. The first-order chi connectivity index (χ1) is 10.1. The van der Waals surface area contributed by atoms with Crippen molar-refractivity contribution >= 4 is 11.8 Å². The summed E-state index contributed by atoms with van der Waals surface area (Å²) in [5.74, 6) is -0.00320. The van der Waals surface area contributed by atoms with Crippen LogP contribution in [-0.2, 0) is 4.79 Å². The smallest absolute Gasteiger partial charge is 0.255 e. The third kappa shape index (κ3) is 4.15. The molecule has 0 aliphatic carbocycles. The Hall–Kier alpha value is -2.17. The van der Waals surface area contributed by atoms with E-state index in [-0.39, 0.29) is 17.9 Å². The quantitative estimate of drug-likeness (QED) is 0.838. The van der Waals surface area contributed by atoms with Crippen molar-refractivity contribution in [2.24, 2.45) is 0 Å². The highest BCUT2D eigenvalue weighted by atomic mass is 16.2. The largest absolute Gasteiger partial charge is 0.352 e. The molecule has 1 fully saturated rings. The zero-order valence-electron chi connectivity index (χ0n) is 12.3. The monoisotopic (exact) mass is 287 g/mol. The molecule has 2 heterocycles. The molecule has 0 radical (unpaired) electrons. The maximum Gasteiger partial charge on any atom is 0.255 e. The van der Waals surface area contributed by atoms with E-state index in [1.54, 1.807) is 23.2 Å². The van der Waals surface area contributed by atoms with Gasteiger partial charge in [-0.2, -0.15) is 0 Å². The minimum Gasteiger partial charge on any atom is -0.352 e. The van der Waals surface area contributed by atoms with Gasteiger partial charge in [0.1, 0.15) is 0 Å². The van der Waals surface area contributed by atoms with Gasteiger partial charge >= 0.3 is 0 Å². The Morgan fingerprint density at radius 2 is 2.33 bits per heavy atom. The van der Waals surface area contributed by atoms with Crippen LogP contribution in [0.5, 0.6) is 0 Å². The number of carbonyl (C=O) groups excluding carboxylic acids is 2. The molecular formula is C16H21N3O2. The second-order valence-corrected chi connectivity index (χ2v) is 5.32. The van der Waals surface area contributed by atoms with Crippen LogP contribution < -0.4 is 5.32 Å². The van der Waals surface area contributed by atoms with Crippen LogP contribution >= 0.6 is 0 Å². The first-order valence-electron chi connectivity index (χ1n) is 7.22. The third-order valence-corrected chi connectivity index (χ3v) is 3.57. The summed E-state index contributed by atoms with van der Waals surface area (Å²) >= 11 is 0. The van der Waals surface area contributed by atoms with Gasteiger partial charge in [0, 0.05) is 37.4 Å². The number of likely N-dealkylation sites (tertiary alicyclic amines) is 1. The molecule has 1 aliphatic rings. The highest BCUT2D eigenvalue weighted by Crippen LogP contribution is 2.13. The lowest BCUT2D eigenvalue weighted by molar-refractivity contribution is -0.121. The van der Waals surface area contributed by atoms with E-state index in [1.165, 1.54) is 0 Å². The average Bonchev–Trinajstić information content (AvgIpc) is 2.93. The van der Waals surface area contributed by atoms with E-state index in [0.717, 1.165) is 12.1 Å². The number of rotatable bonds is 5. The molecule has 5 nitrogen and oxygen atoms in total. The third-order valence-electron chi connectivity index (χ3n) is 3.57. The van der Waals surface area contributed by atoms with Crippen molar-refractivity contribution in [3.05, 3.63) is 42.2 Å². The van der Waals surface area contributed by atoms with E-state index in [9.17, 15) is 9.59 Å². The number of carbonyl (C=O) groups is 2. The van der Waals surface area contributed by atoms with Gasteiger partial charge in [0.25, 0.3) is 5.91 Å². The van der Waals surface area contributed by atoms with Crippen LogP contribution in [0.1, 0.15) is 35.3 Å². The molecule has 1 N–H and O–H groups in total. The predicted molar refractivity (Wildman–Crippen MR) is 80.9 cm³/mol. The minimum absolute atomic E-state index is 0.0196. The summed E-state index contributed by atoms with van der Waals surface area (Å²) in [4.78, 5) is 29.9. The summed E-state index contributed by atoms with van der Waals surface area (Å²) in [5.41, 5.74) is 1.49. The van der Waals surface area contributed by atoms with Crippen molar-refractivity contribution in [1.29, 1.82) is 0 Å². The van der Waals surface area contributed by atoms with Crippen molar-refractivity contribution in [1.82, 2.24) is 15.2 Å². The van der Waals surface area contributed by atoms with Crippen LogP contribution in [0.4, 0.5) is 0 Å². The molecule has 21 heavy (non-hydrogen) atoms. The Balaban J connectivity index is 1.87. The summed E-state index contributed by atoms with van der Waals surface area (Å²) in [6.07, 6.45) is 5.26. The number of aryl methyl sites for hydroxylation is 1. The molecule has 1 atom stereocenters. The molecular weight excluding hydrogens is 266 g/mol. The summed E-state index contributed by atoms with van der Waals surface area (Å²) in [6.45, 7) is 6.72. The van der Waals surface area contributed by atoms with Gasteiger partial charge < -0.3 is 10.2 Å². The molecule has 5 heteroatoms. The highest BCUT2D eigenvalue weighted by Gasteiger charge is 2.27. The van der Waals surface area contributed by atoms with Crippen molar-refractivity contribution in [3.63, 3.8) is 0 Å². The van der Waals surface area contributed by atoms with Gasteiger partial charge in [0.05, 0.1) is 5.56 Å². The fraction of sp³-hybridized carbons (Fsp3) is 0.438. The van der Waals surface area contributed by atoms with Gasteiger partial charge in [-0.25, -0.2) is 0 Å². The molecule has 1 aliphatic heterocycles. The van der Waals surface area contributed by atoms with E-state index < -0.39 is 0 Å². The molecule has 1 aromatic rings. The molecule has 1 saturated heterocycles. The topological polar surface area (TPSA) is 62.3 Å². The van der Waals surface area contributed by atoms with E-state index >= 15 is 0 Å². The number of amides is 2. The van der Waals surface area contributed by atoms with Crippen LogP contribution in [0.25, 0.3) is 0 Å². The SMILES string of the molecule is C=CCCC(=O)N[C@@H]1CCN(C(=O)c2ccc(C)nc2)C1. The van der Waals surface area contributed by atoms with E-state index in [4.69, 9.17) is 0 Å². The summed E-state index contributed by atoms with van der Waals surface area (Å²) in [7, 11) is 0. The maximum atomic E-state index is 12.3. The zero-order chi connectivity index (χ0) is 15.2. The molecule has 2 amide bonds. The van der Waals surface area contributed by atoms with Crippen LogP contribution in [0.2, 0.25) is 0 Å². The summed E-state index contributed by atoms with van der Waals surface area (Å²) < 4.78 is 0. The van der Waals surface area contributed by atoms with Crippen LogP contribution in [-0.4, -0.2) is 40.8 Å². The van der Waals surface area contributed by atoms with Gasteiger partial charge in [-0.1, -0.05) is 6.08 Å². The van der Waals surface area contributed by atoms with Crippen molar-refractivity contribution in [2.45, 2.75) is 32.2 Å². The van der Waals surface area contributed by atoms with E-state index in [1.807, 2.05) is 13.0 Å². The minimum atomic E-state index is -0.0228. The number of nitrogens with zero attached hydrogens (tertiary/aromatic N) is 2. The second-order valence-electron chi connectivity index (χ2n) is 5.32. The Morgan fingerprint density at radius 3 is 3.00 bits per heavy atom.